The van der Waals surface area contributed by atoms with E-state index in [9.17, 15) is 9.59 Å². The molecule has 4 nitrogen and oxygen atoms in total. The fraction of sp³-hybridized carbons (Fsp3) is 0.333. The maximum atomic E-state index is 13.4. The van der Waals surface area contributed by atoms with Crippen molar-refractivity contribution < 1.29 is 9.59 Å². The molecule has 5 heteroatoms. The van der Waals surface area contributed by atoms with Gasteiger partial charge in [0.25, 0.3) is 5.91 Å². The van der Waals surface area contributed by atoms with Gasteiger partial charge in [0, 0.05) is 25.9 Å². The van der Waals surface area contributed by atoms with Crippen LogP contribution in [0.5, 0.6) is 0 Å². The molecule has 1 amide bonds. The van der Waals surface area contributed by atoms with E-state index in [4.69, 9.17) is 11.6 Å². The number of aryl methyl sites for hydroxylation is 2. The summed E-state index contributed by atoms with van der Waals surface area (Å²) in [6, 6.07) is 9.79. The van der Waals surface area contributed by atoms with E-state index in [1.165, 1.54) is 6.92 Å². The summed E-state index contributed by atoms with van der Waals surface area (Å²) in [6.45, 7) is 7.65. The lowest BCUT2D eigenvalue weighted by atomic mass is 10.0. The molecule has 1 aromatic heterocycles. The topological polar surface area (TPSA) is 42.3 Å². The fourth-order valence-electron chi connectivity index (χ4n) is 3.59. The number of aromatic nitrogens is 1. The molecule has 1 aliphatic heterocycles. The zero-order valence-electron chi connectivity index (χ0n) is 17.6. The third-order valence-electron chi connectivity index (χ3n) is 5.47. The van der Waals surface area contributed by atoms with Gasteiger partial charge in [-0.1, -0.05) is 67.8 Å². The van der Waals surface area contributed by atoms with Gasteiger partial charge in [-0.25, -0.2) is 0 Å². The van der Waals surface area contributed by atoms with Crippen molar-refractivity contribution in [2.24, 2.45) is 13.0 Å². The second-order valence-corrected chi connectivity index (χ2v) is 8.15. The molecule has 2 unspecified atom stereocenters. The molecular weight excluding hydrogens is 384 g/mol. The Hall–Kier alpha value is -2.59. The number of fused-ring (bicyclic) bond motifs is 1. The number of allylic oxidation sites excluding steroid dienone is 3. The normalized spacial score (nSPS) is 18.2. The van der Waals surface area contributed by atoms with Crippen molar-refractivity contribution in [2.75, 3.05) is 0 Å². The summed E-state index contributed by atoms with van der Waals surface area (Å²) in [7, 11) is 1.95. The number of rotatable bonds is 6. The van der Waals surface area contributed by atoms with Crippen LogP contribution < -0.4 is 0 Å². The van der Waals surface area contributed by atoms with Gasteiger partial charge >= 0.3 is 0 Å². The first-order chi connectivity index (χ1) is 13.7. The molecule has 2 atom stereocenters. The summed E-state index contributed by atoms with van der Waals surface area (Å²) in [6.07, 6.45) is 6.48. The first-order valence-electron chi connectivity index (χ1n) is 9.89. The molecule has 0 bridgehead atoms. The van der Waals surface area contributed by atoms with E-state index in [0.29, 0.717) is 11.3 Å². The highest BCUT2D eigenvalue weighted by atomic mass is 35.5. The van der Waals surface area contributed by atoms with Crippen LogP contribution in [0, 0.1) is 12.8 Å². The molecule has 1 aromatic carbocycles. The minimum absolute atomic E-state index is 0.0787. The van der Waals surface area contributed by atoms with Gasteiger partial charge in [0.15, 0.2) is 5.78 Å². The van der Waals surface area contributed by atoms with Crippen molar-refractivity contribution in [2.45, 2.75) is 40.2 Å². The number of hydrogen-bond donors (Lipinski definition) is 0. The van der Waals surface area contributed by atoms with Crippen LogP contribution in [0.1, 0.15) is 60.4 Å². The Kier molecular flexibility index (Phi) is 6.13. The van der Waals surface area contributed by atoms with Gasteiger partial charge < -0.3 is 4.57 Å². The van der Waals surface area contributed by atoms with Crippen molar-refractivity contribution in [3.8, 4) is 0 Å². The highest BCUT2D eigenvalue weighted by Gasteiger charge is 2.41. The van der Waals surface area contributed by atoms with E-state index in [1.54, 1.807) is 11.0 Å². The van der Waals surface area contributed by atoms with Gasteiger partial charge in [0.1, 0.15) is 6.04 Å². The van der Waals surface area contributed by atoms with Gasteiger partial charge in [-0.2, -0.15) is 0 Å². The van der Waals surface area contributed by atoms with E-state index in [-0.39, 0.29) is 28.7 Å². The lowest BCUT2D eigenvalue weighted by Crippen LogP contribution is -2.29. The molecule has 0 N–H and O–H groups in total. The van der Waals surface area contributed by atoms with Crippen LogP contribution in [-0.4, -0.2) is 21.2 Å². The summed E-state index contributed by atoms with van der Waals surface area (Å²) in [4.78, 5) is 27.0. The Labute approximate surface area is 177 Å². The van der Waals surface area contributed by atoms with E-state index in [1.807, 2.05) is 36.9 Å². The summed E-state index contributed by atoms with van der Waals surface area (Å²) >= 11 is 6.22. The van der Waals surface area contributed by atoms with Gasteiger partial charge in [-0.15, -0.1) is 0 Å². The molecule has 0 saturated heterocycles. The van der Waals surface area contributed by atoms with E-state index < -0.39 is 0 Å². The van der Waals surface area contributed by atoms with Crippen LogP contribution in [0.25, 0.3) is 0 Å². The van der Waals surface area contributed by atoms with E-state index in [2.05, 4.69) is 38.1 Å². The lowest BCUT2D eigenvalue weighted by molar-refractivity contribution is -0.113. The smallest absolute Gasteiger partial charge is 0.261 e. The average molecular weight is 411 g/mol. The van der Waals surface area contributed by atoms with Crippen molar-refractivity contribution in [3.05, 3.63) is 81.8 Å². The Morgan fingerprint density at radius 3 is 2.48 bits per heavy atom. The van der Waals surface area contributed by atoms with Crippen LogP contribution >= 0.6 is 11.6 Å². The Balaban J connectivity index is 2.21. The number of Topliss-reactive ketones (excluding diaryl/α,β-unsaturated/α-hetero) is 1. The van der Waals surface area contributed by atoms with Gasteiger partial charge in [0.2, 0.25) is 0 Å². The van der Waals surface area contributed by atoms with Gasteiger partial charge in [-0.05, 0) is 30.5 Å². The molecular formula is C24H27ClN2O2. The molecule has 0 saturated carbocycles. The Bertz CT molecular complexity index is 998. The molecule has 1 aliphatic rings. The van der Waals surface area contributed by atoms with Gasteiger partial charge in [0.05, 0.1) is 16.3 Å². The van der Waals surface area contributed by atoms with E-state index in [0.717, 1.165) is 23.2 Å². The number of benzene rings is 1. The lowest BCUT2D eigenvalue weighted by Gasteiger charge is -2.28. The second kappa shape index (κ2) is 8.42. The predicted octanol–water partition coefficient (Wildman–Crippen LogP) is 5.52. The summed E-state index contributed by atoms with van der Waals surface area (Å²) < 4.78 is 1.99. The zero-order valence-corrected chi connectivity index (χ0v) is 18.3. The third kappa shape index (κ3) is 4.08. The molecule has 0 spiro atoms. The molecule has 0 radical (unpaired) electrons. The Morgan fingerprint density at radius 1 is 1.24 bits per heavy atom. The minimum Gasteiger partial charge on any atom is -0.352 e. The number of hydrogen-bond acceptors (Lipinski definition) is 2. The van der Waals surface area contributed by atoms with Crippen LogP contribution in [-0.2, 0) is 11.8 Å². The van der Waals surface area contributed by atoms with Gasteiger partial charge in [-0.3, -0.25) is 14.5 Å². The first kappa shape index (κ1) is 21.1. The predicted molar refractivity (Wildman–Crippen MR) is 117 cm³/mol. The minimum atomic E-state index is -0.277. The number of amides is 1. The second-order valence-electron chi connectivity index (χ2n) is 7.74. The molecule has 29 heavy (non-hydrogen) atoms. The maximum absolute atomic E-state index is 13.4. The number of ketones is 1. The summed E-state index contributed by atoms with van der Waals surface area (Å²) in [5.41, 5.74) is 4.46. The number of nitrogens with zero attached hydrogens (tertiary/aromatic N) is 2. The van der Waals surface area contributed by atoms with Crippen molar-refractivity contribution in [1.29, 1.82) is 0 Å². The highest BCUT2D eigenvalue weighted by molar-refractivity contribution is 6.42. The van der Waals surface area contributed by atoms with E-state index >= 15 is 0 Å². The molecule has 0 aliphatic carbocycles. The maximum Gasteiger partial charge on any atom is 0.261 e. The highest BCUT2D eigenvalue weighted by Crippen LogP contribution is 2.42. The Morgan fingerprint density at radius 2 is 1.90 bits per heavy atom. The molecule has 3 rings (SSSR count). The number of carbonyl (C=O) groups is 2. The first-order valence-corrected chi connectivity index (χ1v) is 10.3. The largest absolute Gasteiger partial charge is 0.352 e. The quantitative estimate of drug-likeness (QED) is 0.464. The van der Waals surface area contributed by atoms with Crippen molar-refractivity contribution in [3.63, 3.8) is 0 Å². The number of carbonyl (C=O) groups excluding carboxylic acids is 2. The van der Waals surface area contributed by atoms with Crippen molar-refractivity contribution >= 4 is 23.3 Å². The summed E-state index contributed by atoms with van der Waals surface area (Å²) in [5, 5.41) is 0.117. The number of halogens is 1. The van der Waals surface area contributed by atoms with Crippen LogP contribution in [0.2, 0.25) is 0 Å². The van der Waals surface area contributed by atoms with Crippen molar-refractivity contribution in [1.82, 2.24) is 9.47 Å². The monoisotopic (exact) mass is 410 g/mol. The van der Waals surface area contributed by atoms with Crippen LogP contribution in [0.15, 0.2) is 59.4 Å². The fourth-order valence-corrected chi connectivity index (χ4v) is 3.70. The van der Waals surface area contributed by atoms with Crippen LogP contribution in [0.4, 0.5) is 0 Å². The van der Waals surface area contributed by atoms with Crippen LogP contribution in [0.3, 0.4) is 0 Å². The molecule has 0 fully saturated rings. The molecule has 2 aromatic rings. The molecule has 2 heterocycles. The third-order valence-corrected chi connectivity index (χ3v) is 5.84. The zero-order chi connectivity index (χ0) is 21.3. The standard InChI is InChI=1S/C24H27ClN2O2/c1-6-15(2)13-19(14-21(25)17(4)28)27-22(18-9-7-16(3)8-10-18)23-20(24(27)29)11-12-26(23)5/h7-15,22H,6H2,1-5H3. The summed E-state index contributed by atoms with van der Waals surface area (Å²) in [5.74, 6) is -0.0735. The molecule has 152 valence electrons. The SMILES string of the molecule is CCC(C)C=C(C=C(Cl)C(C)=O)N1C(=O)c2ccn(C)c2C1c1ccc(C)cc1. The average Bonchev–Trinajstić information content (AvgIpc) is 3.20.